The summed E-state index contributed by atoms with van der Waals surface area (Å²) in [7, 11) is 0. The zero-order chi connectivity index (χ0) is 10.1. The fourth-order valence-corrected chi connectivity index (χ4v) is 2.66. The van der Waals surface area contributed by atoms with Gasteiger partial charge in [-0.25, -0.2) is 0 Å². The lowest BCUT2D eigenvalue weighted by molar-refractivity contribution is -0.232. The van der Waals surface area contributed by atoms with E-state index in [-0.39, 0.29) is 5.54 Å². The van der Waals surface area contributed by atoms with Crippen molar-refractivity contribution in [3.63, 3.8) is 0 Å². The third kappa shape index (κ3) is 1.75. The molecule has 2 nitrogen and oxygen atoms in total. The van der Waals surface area contributed by atoms with Gasteiger partial charge in [-0.05, 0) is 39.0 Å². The van der Waals surface area contributed by atoms with Crippen molar-refractivity contribution in [1.82, 2.24) is 5.06 Å². The van der Waals surface area contributed by atoms with Crippen molar-refractivity contribution in [1.29, 1.82) is 0 Å². The molecule has 1 heterocycles. The van der Waals surface area contributed by atoms with Gasteiger partial charge in [-0.1, -0.05) is 20.3 Å². The van der Waals surface area contributed by atoms with E-state index in [4.69, 9.17) is 0 Å². The van der Waals surface area contributed by atoms with Gasteiger partial charge in [-0.15, -0.1) is 0 Å². The molecule has 0 aromatic heterocycles. The van der Waals surface area contributed by atoms with E-state index in [1.807, 2.05) is 0 Å². The van der Waals surface area contributed by atoms with Gasteiger partial charge in [-0.3, -0.25) is 0 Å². The van der Waals surface area contributed by atoms with Crippen molar-refractivity contribution in [2.75, 3.05) is 0 Å². The smallest absolute Gasteiger partial charge is 0.0460 e. The topological polar surface area (TPSA) is 23.5 Å². The molecule has 1 aliphatic rings. The van der Waals surface area contributed by atoms with Crippen LogP contribution < -0.4 is 0 Å². The summed E-state index contributed by atoms with van der Waals surface area (Å²) >= 11 is 0. The molecule has 0 spiro atoms. The van der Waals surface area contributed by atoms with Crippen LogP contribution in [0.15, 0.2) is 0 Å². The second kappa shape index (κ2) is 3.97. The molecule has 0 aromatic rings. The van der Waals surface area contributed by atoms with E-state index in [9.17, 15) is 5.21 Å². The molecule has 0 aromatic carbocycles. The minimum absolute atomic E-state index is 0.00637. The summed E-state index contributed by atoms with van der Waals surface area (Å²) < 4.78 is 0. The van der Waals surface area contributed by atoms with Crippen LogP contribution in [0.25, 0.3) is 0 Å². The standard InChI is InChI=1S/C11H23NO/c1-5-10-8-7-9(3)12(13)11(10,4)6-2/h9-10,13H,5-8H2,1-4H3. The number of piperidine rings is 1. The average molecular weight is 185 g/mol. The summed E-state index contributed by atoms with van der Waals surface area (Å²) in [6, 6.07) is 0.327. The molecule has 3 unspecified atom stereocenters. The van der Waals surface area contributed by atoms with Gasteiger partial charge >= 0.3 is 0 Å². The Morgan fingerprint density at radius 3 is 2.46 bits per heavy atom. The second-order valence-electron chi connectivity index (χ2n) is 4.59. The van der Waals surface area contributed by atoms with E-state index < -0.39 is 0 Å². The predicted molar refractivity (Wildman–Crippen MR) is 54.8 cm³/mol. The Labute approximate surface area is 81.9 Å². The van der Waals surface area contributed by atoms with Crippen LogP contribution in [0.3, 0.4) is 0 Å². The van der Waals surface area contributed by atoms with Crippen LogP contribution >= 0.6 is 0 Å². The molecule has 0 bridgehead atoms. The normalized spacial score (nSPS) is 42.2. The lowest BCUT2D eigenvalue weighted by atomic mass is 9.74. The molecular formula is C11H23NO. The minimum Gasteiger partial charge on any atom is -0.313 e. The summed E-state index contributed by atoms with van der Waals surface area (Å²) in [6.07, 6.45) is 4.60. The van der Waals surface area contributed by atoms with E-state index in [0.29, 0.717) is 12.0 Å². The Kier molecular flexibility index (Phi) is 3.36. The van der Waals surface area contributed by atoms with Gasteiger partial charge < -0.3 is 5.21 Å². The lowest BCUT2D eigenvalue weighted by Gasteiger charge is -2.49. The Hall–Kier alpha value is -0.0800. The molecule has 1 aliphatic heterocycles. The van der Waals surface area contributed by atoms with Gasteiger partial charge in [0, 0.05) is 11.6 Å². The number of hydrogen-bond acceptors (Lipinski definition) is 2. The van der Waals surface area contributed by atoms with Crippen LogP contribution in [0, 0.1) is 5.92 Å². The Balaban J connectivity index is 2.80. The molecule has 1 N–H and O–H groups in total. The molecule has 0 aliphatic carbocycles. The highest BCUT2D eigenvalue weighted by Crippen LogP contribution is 2.39. The number of nitrogens with zero attached hydrogens (tertiary/aromatic N) is 1. The first-order valence-corrected chi connectivity index (χ1v) is 5.54. The van der Waals surface area contributed by atoms with Gasteiger partial charge in [0.2, 0.25) is 0 Å². The Morgan fingerprint density at radius 2 is 2.00 bits per heavy atom. The van der Waals surface area contributed by atoms with Gasteiger partial charge in [-0.2, -0.15) is 5.06 Å². The fraction of sp³-hybridized carbons (Fsp3) is 1.00. The van der Waals surface area contributed by atoms with Crippen LogP contribution in [0.2, 0.25) is 0 Å². The zero-order valence-electron chi connectivity index (χ0n) is 9.38. The predicted octanol–water partition coefficient (Wildman–Crippen LogP) is 3.05. The highest BCUT2D eigenvalue weighted by Gasteiger charge is 2.42. The molecule has 3 atom stereocenters. The van der Waals surface area contributed by atoms with Gasteiger partial charge in [0.25, 0.3) is 0 Å². The number of hydroxylamine groups is 2. The third-order valence-corrected chi connectivity index (χ3v) is 3.96. The molecule has 0 radical (unpaired) electrons. The van der Waals surface area contributed by atoms with Crippen molar-refractivity contribution >= 4 is 0 Å². The van der Waals surface area contributed by atoms with Crippen LogP contribution in [0.5, 0.6) is 0 Å². The van der Waals surface area contributed by atoms with Crippen LogP contribution in [0.1, 0.15) is 53.4 Å². The molecule has 0 saturated carbocycles. The quantitative estimate of drug-likeness (QED) is 0.714. The van der Waals surface area contributed by atoms with Gasteiger partial charge in [0.05, 0.1) is 0 Å². The monoisotopic (exact) mass is 185 g/mol. The molecule has 2 heteroatoms. The zero-order valence-corrected chi connectivity index (χ0v) is 9.38. The summed E-state index contributed by atoms with van der Waals surface area (Å²) in [5, 5.41) is 11.6. The van der Waals surface area contributed by atoms with Crippen molar-refractivity contribution in [2.45, 2.75) is 65.0 Å². The highest BCUT2D eigenvalue weighted by molar-refractivity contribution is 4.93. The summed E-state index contributed by atoms with van der Waals surface area (Å²) in [5.41, 5.74) is 0.00637. The summed E-state index contributed by atoms with van der Waals surface area (Å²) in [5.74, 6) is 0.652. The van der Waals surface area contributed by atoms with E-state index in [2.05, 4.69) is 27.7 Å². The van der Waals surface area contributed by atoms with E-state index in [1.54, 1.807) is 5.06 Å². The molecule has 0 amide bonds. The fourth-order valence-electron chi connectivity index (χ4n) is 2.66. The van der Waals surface area contributed by atoms with Crippen LogP contribution in [-0.2, 0) is 0 Å². The molecule has 1 rings (SSSR count). The number of hydrogen-bond donors (Lipinski definition) is 1. The molecule has 1 saturated heterocycles. The maximum atomic E-state index is 10.0. The largest absolute Gasteiger partial charge is 0.313 e. The average Bonchev–Trinajstić information content (AvgIpc) is 2.15. The van der Waals surface area contributed by atoms with Crippen molar-refractivity contribution in [3.8, 4) is 0 Å². The molecule has 1 fully saturated rings. The Bertz CT molecular complexity index is 167. The first-order chi connectivity index (χ1) is 6.06. The Morgan fingerprint density at radius 1 is 1.38 bits per heavy atom. The molecule has 78 valence electrons. The maximum absolute atomic E-state index is 10.0. The molecular weight excluding hydrogens is 162 g/mol. The van der Waals surface area contributed by atoms with Crippen LogP contribution in [-0.4, -0.2) is 21.9 Å². The third-order valence-electron chi connectivity index (χ3n) is 3.96. The first kappa shape index (κ1) is 11.0. The maximum Gasteiger partial charge on any atom is 0.0460 e. The molecule has 13 heavy (non-hydrogen) atoms. The summed E-state index contributed by atoms with van der Waals surface area (Å²) in [6.45, 7) is 8.70. The van der Waals surface area contributed by atoms with E-state index in [0.717, 1.165) is 12.8 Å². The second-order valence-corrected chi connectivity index (χ2v) is 4.59. The van der Waals surface area contributed by atoms with Crippen LogP contribution in [0.4, 0.5) is 0 Å². The van der Waals surface area contributed by atoms with Crippen molar-refractivity contribution < 1.29 is 5.21 Å². The first-order valence-electron chi connectivity index (χ1n) is 5.54. The minimum atomic E-state index is 0.00637. The van der Waals surface area contributed by atoms with Gasteiger partial charge in [0.1, 0.15) is 0 Å². The lowest BCUT2D eigenvalue weighted by Crippen LogP contribution is -2.56. The summed E-state index contributed by atoms with van der Waals surface area (Å²) in [4.78, 5) is 0. The van der Waals surface area contributed by atoms with Crippen molar-refractivity contribution in [2.24, 2.45) is 5.92 Å². The van der Waals surface area contributed by atoms with Gasteiger partial charge in [0.15, 0.2) is 0 Å². The van der Waals surface area contributed by atoms with E-state index >= 15 is 0 Å². The van der Waals surface area contributed by atoms with E-state index in [1.165, 1.54) is 12.8 Å². The number of rotatable bonds is 2. The SMILES string of the molecule is CCC1CCC(C)N(O)C1(C)CC. The van der Waals surface area contributed by atoms with Crippen molar-refractivity contribution in [3.05, 3.63) is 0 Å². The highest BCUT2D eigenvalue weighted by atomic mass is 16.5.